The van der Waals surface area contributed by atoms with Crippen molar-refractivity contribution in [2.24, 2.45) is 0 Å². The first kappa shape index (κ1) is 24.0. The van der Waals surface area contributed by atoms with E-state index in [2.05, 4.69) is 34.5 Å². The third-order valence-corrected chi connectivity index (χ3v) is 8.12. The molecule has 0 spiro atoms. The van der Waals surface area contributed by atoms with Crippen LogP contribution in [-0.4, -0.2) is 44.9 Å². The van der Waals surface area contributed by atoms with Gasteiger partial charge in [0.05, 0.1) is 10.6 Å². The largest absolute Gasteiger partial charge is 0.349 e. The number of rotatable bonds is 8. The SMILES string of the molecule is CCN(c1ccccc1)S(=O)(=O)c1ccc(C(=O)NC2CCN(Cc3ccccc3)CC2)cc1. The van der Waals surface area contributed by atoms with E-state index in [1.165, 1.54) is 22.0 Å². The number of piperidine rings is 1. The molecule has 0 unspecified atom stereocenters. The summed E-state index contributed by atoms with van der Waals surface area (Å²) in [6, 6.07) is 25.8. The van der Waals surface area contributed by atoms with Gasteiger partial charge in [-0.15, -0.1) is 0 Å². The number of benzene rings is 3. The molecule has 3 aromatic rings. The van der Waals surface area contributed by atoms with Gasteiger partial charge in [-0.25, -0.2) is 8.42 Å². The van der Waals surface area contributed by atoms with Crippen LogP contribution in [0.5, 0.6) is 0 Å². The number of hydrogen-bond donors (Lipinski definition) is 1. The summed E-state index contributed by atoms with van der Waals surface area (Å²) in [5.41, 5.74) is 2.38. The normalized spacial score (nSPS) is 15.1. The summed E-state index contributed by atoms with van der Waals surface area (Å²) in [6.07, 6.45) is 1.79. The molecular formula is C27H31N3O3S. The van der Waals surface area contributed by atoms with Crippen molar-refractivity contribution in [2.45, 2.75) is 37.2 Å². The molecule has 34 heavy (non-hydrogen) atoms. The Hall–Kier alpha value is -3.16. The third-order valence-electron chi connectivity index (χ3n) is 6.21. The van der Waals surface area contributed by atoms with Crippen LogP contribution in [0.2, 0.25) is 0 Å². The predicted molar refractivity (Wildman–Crippen MR) is 135 cm³/mol. The minimum Gasteiger partial charge on any atom is -0.349 e. The van der Waals surface area contributed by atoms with Crippen molar-refractivity contribution in [2.75, 3.05) is 23.9 Å². The van der Waals surface area contributed by atoms with Gasteiger partial charge in [-0.3, -0.25) is 14.0 Å². The van der Waals surface area contributed by atoms with Gasteiger partial charge in [-0.05, 0) is 61.7 Å². The molecule has 4 rings (SSSR count). The van der Waals surface area contributed by atoms with Crippen LogP contribution in [0.15, 0.2) is 89.8 Å². The Bertz CT molecular complexity index is 1170. The van der Waals surface area contributed by atoms with Crippen molar-refractivity contribution in [3.05, 3.63) is 96.1 Å². The smallest absolute Gasteiger partial charge is 0.264 e. The molecule has 1 amide bonds. The molecule has 0 radical (unpaired) electrons. The molecule has 1 aliphatic heterocycles. The highest BCUT2D eigenvalue weighted by molar-refractivity contribution is 7.92. The minimum atomic E-state index is -3.71. The van der Waals surface area contributed by atoms with Gasteiger partial charge in [0.1, 0.15) is 0 Å². The summed E-state index contributed by atoms with van der Waals surface area (Å²) < 4.78 is 27.7. The van der Waals surface area contributed by atoms with E-state index in [9.17, 15) is 13.2 Å². The average Bonchev–Trinajstić information content (AvgIpc) is 2.87. The number of hydrogen-bond acceptors (Lipinski definition) is 4. The lowest BCUT2D eigenvalue weighted by Gasteiger charge is -2.32. The lowest BCUT2D eigenvalue weighted by molar-refractivity contribution is 0.0909. The third kappa shape index (κ3) is 5.66. The van der Waals surface area contributed by atoms with Gasteiger partial charge >= 0.3 is 0 Å². The molecule has 0 saturated carbocycles. The van der Waals surface area contributed by atoms with Gasteiger partial charge in [0.15, 0.2) is 0 Å². The van der Waals surface area contributed by atoms with Crippen LogP contribution < -0.4 is 9.62 Å². The first-order valence-corrected chi connectivity index (χ1v) is 13.2. The topological polar surface area (TPSA) is 69.7 Å². The Labute approximate surface area is 202 Å². The zero-order valence-electron chi connectivity index (χ0n) is 19.4. The number of carbonyl (C=O) groups is 1. The molecule has 1 saturated heterocycles. The second kappa shape index (κ2) is 10.8. The van der Waals surface area contributed by atoms with E-state index < -0.39 is 10.0 Å². The van der Waals surface area contributed by atoms with E-state index in [1.807, 2.05) is 24.3 Å². The number of amides is 1. The Balaban J connectivity index is 1.34. The minimum absolute atomic E-state index is 0.122. The van der Waals surface area contributed by atoms with Crippen molar-refractivity contribution < 1.29 is 13.2 Å². The molecule has 6 nitrogen and oxygen atoms in total. The molecule has 0 aliphatic carbocycles. The quantitative estimate of drug-likeness (QED) is 0.525. The van der Waals surface area contributed by atoms with Gasteiger partial charge in [0, 0.05) is 37.8 Å². The van der Waals surface area contributed by atoms with E-state index in [1.54, 1.807) is 31.2 Å². The van der Waals surface area contributed by atoms with Crippen LogP contribution >= 0.6 is 0 Å². The predicted octanol–water partition coefficient (Wildman–Crippen LogP) is 4.30. The molecule has 1 aliphatic rings. The number of nitrogens with one attached hydrogen (secondary N) is 1. The maximum Gasteiger partial charge on any atom is 0.264 e. The molecule has 1 heterocycles. The van der Waals surface area contributed by atoms with Crippen molar-refractivity contribution >= 4 is 21.6 Å². The van der Waals surface area contributed by atoms with E-state index in [0.29, 0.717) is 17.8 Å². The summed E-state index contributed by atoms with van der Waals surface area (Å²) in [6.45, 7) is 4.91. The summed E-state index contributed by atoms with van der Waals surface area (Å²) in [4.78, 5) is 15.4. The van der Waals surface area contributed by atoms with Crippen molar-refractivity contribution in [3.8, 4) is 0 Å². The fraction of sp³-hybridized carbons (Fsp3) is 0.296. The lowest BCUT2D eigenvalue weighted by Crippen LogP contribution is -2.44. The standard InChI is InChI=1S/C27H31N3O3S/c1-2-30(25-11-7-4-8-12-25)34(32,33)26-15-13-23(14-16-26)27(31)28-24-17-19-29(20-18-24)21-22-9-5-3-6-10-22/h3-16,24H,2,17-21H2,1H3,(H,28,31). The highest BCUT2D eigenvalue weighted by Crippen LogP contribution is 2.23. The fourth-order valence-electron chi connectivity index (χ4n) is 4.34. The Kier molecular flexibility index (Phi) is 7.65. The van der Waals surface area contributed by atoms with Gasteiger partial charge in [0.2, 0.25) is 0 Å². The number of nitrogens with zero attached hydrogens (tertiary/aromatic N) is 2. The lowest BCUT2D eigenvalue weighted by atomic mass is 10.0. The number of carbonyl (C=O) groups excluding carboxylic acids is 1. The monoisotopic (exact) mass is 477 g/mol. The molecule has 1 N–H and O–H groups in total. The van der Waals surface area contributed by atoms with Gasteiger partial charge in [-0.1, -0.05) is 48.5 Å². The van der Waals surface area contributed by atoms with Gasteiger partial charge < -0.3 is 5.32 Å². The van der Waals surface area contributed by atoms with E-state index >= 15 is 0 Å². The molecule has 3 aromatic carbocycles. The first-order valence-electron chi connectivity index (χ1n) is 11.7. The second-order valence-electron chi connectivity index (χ2n) is 8.54. The summed E-state index contributed by atoms with van der Waals surface area (Å²) in [5.74, 6) is -0.166. The number of para-hydroxylation sites is 1. The molecule has 7 heteroatoms. The number of likely N-dealkylation sites (tertiary alicyclic amines) is 1. The van der Waals surface area contributed by atoms with Crippen LogP contribution in [0.25, 0.3) is 0 Å². The first-order chi connectivity index (χ1) is 16.5. The zero-order chi connectivity index (χ0) is 24.0. The van der Waals surface area contributed by atoms with E-state index in [-0.39, 0.29) is 16.8 Å². The van der Waals surface area contributed by atoms with Crippen LogP contribution in [0.1, 0.15) is 35.7 Å². The van der Waals surface area contributed by atoms with Gasteiger partial charge in [-0.2, -0.15) is 0 Å². The Morgan fingerprint density at radius 1 is 0.912 bits per heavy atom. The number of anilines is 1. The van der Waals surface area contributed by atoms with Gasteiger partial charge in [0.25, 0.3) is 15.9 Å². The zero-order valence-corrected chi connectivity index (χ0v) is 20.2. The molecule has 178 valence electrons. The van der Waals surface area contributed by atoms with Crippen molar-refractivity contribution in [1.29, 1.82) is 0 Å². The van der Waals surface area contributed by atoms with Crippen LogP contribution in [0, 0.1) is 0 Å². The molecule has 0 atom stereocenters. The summed E-state index contributed by atoms with van der Waals surface area (Å²) >= 11 is 0. The maximum atomic E-state index is 13.1. The van der Waals surface area contributed by atoms with Crippen LogP contribution in [0.4, 0.5) is 5.69 Å². The van der Waals surface area contributed by atoms with E-state index in [4.69, 9.17) is 0 Å². The molecule has 0 bridgehead atoms. The van der Waals surface area contributed by atoms with Crippen LogP contribution in [-0.2, 0) is 16.6 Å². The Morgan fingerprint density at radius 2 is 1.50 bits per heavy atom. The average molecular weight is 478 g/mol. The second-order valence-corrected chi connectivity index (χ2v) is 10.4. The maximum absolute atomic E-state index is 13.1. The molecule has 0 aromatic heterocycles. The number of sulfonamides is 1. The van der Waals surface area contributed by atoms with Crippen molar-refractivity contribution in [3.63, 3.8) is 0 Å². The highest BCUT2D eigenvalue weighted by atomic mass is 32.2. The fourth-order valence-corrected chi connectivity index (χ4v) is 5.81. The van der Waals surface area contributed by atoms with Crippen molar-refractivity contribution in [1.82, 2.24) is 10.2 Å². The Morgan fingerprint density at radius 3 is 2.09 bits per heavy atom. The van der Waals surface area contributed by atoms with Crippen LogP contribution in [0.3, 0.4) is 0 Å². The molecule has 1 fully saturated rings. The molecular weight excluding hydrogens is 446 g/mol. The summed E-state index contributed by atoms with van der Waals surface area (Å²) in [5, 5.41) is 3.11. The summed E-state index contributed by atoms with van der Waals surface area (Å²) in [7, 11) is -3.71. The highest BCUT2D eigenvalue weighted by Gasteiger charge is 2.25. The van der Waals surface area contributed by atoms with E-state index in [0.717, 1.165) is 32.5 Å².